The van der Waals surface area contributed by atoms with E-state index in [2.05, 4.69) is 211 Å². The fourth-order valence-corrected chi connectivity index (χ4v) is 8.54. The molecule has 2 nitrogen and oxygen atoms in total. The molecule has 2 heteroatoms. The number of hydrogen-bond acceptors (Lipinski definition) is 2. The molecule has 0 amide bonds. The van der Waals surface area contributed by atoms with Crippen LogP contribution < -0.4 is 4.90 Å². The van der Waals surface area contributed by atoms with Crippen LogP contribution in [0.15, 0.2) is 217 Å². The zero-order valence-corrected chi connectivity index (χ0v) is 30.6. The van der Waals surface area contributed by atoms with Gasteiger partial charge < -0.3 is 9.32 Å². The lowest BCUT2D eigenvalue weighted by molar-refractivity contribution is 0.670. The minimum Gasteiger partial charge on any atom is -0.455 e. The topological polar surface area (TPSA) is 16.4 Å². The first-order valence-electron chi connectivity index (χ1n) is 19.2. The number of anilines is 3. The maximum absolute atomic E-state index is 6.49. The van der Waals surface area contributed by atoms with Crippen molar-refractivity contribution in [2.45, 2.75) is 0 Å². The van der Waals surface area contributed by atoms with Gasteiger partial charge in [0, 0.05) is 33.1 Å². The normalized spacial score (nSPS) is 11.6. The summed E-state index contributed by atoms with van der Waals surface area (Å²) in [4.78, 5) is 2.41. The number of benzene rings is 10. The molecule has 0 saturated carbocycles. The molecule has 0 aliphatic carbocycles. The fourth-order valence-electron chi connectivity index (χ4n) is 8.54. The van der Waals surface area contributed by atoms with E-state index in [-0.39, 0.29) is 0 Å². The van der Waals surface area contributed by atoms with Crippen LogP contribution in [0.25, 0.3) is 87.6 Å². The Bertz CT molecular complexity index is 3230. The second-order valence-corrected chi connectivity index (χ2v) is 14.5. The Morgan fingerprint density at radius 1 is 0.304 bits per heavy atom. The number of hydrogen-bond donors (Lipinski definition) is 0. The van der Waals surface area contributed by atoms with E-state index in [4.69, 9.17) is 4.42 Å². The Hall–Kier alpha value is -7.42. The van der Waals surface area contributed by atoms with Crippen LogP contribution in [0.1, 0.15) is 0 Å². The first kappa shape index (κ1) is 32.0. The van der Waals surface area contributed by atoms with Crippen LogP contribution in [0.4, 0.5) is 17.1 Å². The lowest BCUT2D eigenvalue weighted by atomic mass is 9.97. The van der Waals surface area contributed by atoms with Crippen molar-refractivity contribution < 1.29 is 4.42 Å². The number of furan rings is 1. The third-order valence-electron chi connectivity index (χ3n) is 11.3. The monoisotopic (exact) mass is 713 g/mol. The smallest absolute Gasteiger partial charge is 0.143 e. The largest absolute Gasteiger partial charge is 0.455 e. The Kier molecular flexibility index (Phi) is 7.53. The van der Waals surface area contributed by atoms with Gasteiger partial charge in [-0.05, 0) is 97.2 Å². The summed E-state index contributed by atoms with van der Waals surface area (Å²) in [5.41, 5.74) is 12.1. The summed E-state index contributed by atoms with van der Waals surface area (Å²) in [5, 5.41) is 9.67. The lowest BCUT2D eigenvalue weighted by Gasteiger charge is -2.28. The van der Waals surface area contributed by atoms with Crippen LogP contribution in [0.5, 0.6) is 0 Å². The molecular formula is C54H35NO. The van der Waals surface area contributed by atoms with Gasteiger partial charge in [-0.1, -0.05) is 170 Å². The minimum atomic E-state index is 0.894. The van der Waals surface area contributed by atoms with Gasteiger partial charge in [-0.2, -0.15) is 0 Å². The highest BCUT2D eigenvalue weighted by Crippen LogP contribution is 2.44. The Morgan fingerprint density at radius 3 is 1.64 bits per heavy atom. The molecule has 0 unspecified atom stereocenters. The third-order valence-corrected chi connectivity index (χ3v) is 11.3. The molecule has 0 bridgehead atoms. The molecule has 0 atom stereocenters. The lowest BCUT2D eigenvalue weighted by Crippen LogP contribution is -2.10. The van der Waals surface area contributed by atoms with E-state index < -0.39 is 0 Å². The van der Waals surface area contributed by atoms with Crippen LogP contribution in [-0.4, -0.2) is 0 Å². The SMILES string of the molecule is c1ccc(-c2cccc3c2oc2ccc(-c4ccc(N(c5ccc(-c6cccc7ccccc67)cc5)c5cc6ccccc6c6ccccc56)cc4)cc23)cc1. The quantitative estimate of drug-likeness (QED) is 0.160. The highest BCUT2D eigenvalue weighted by Gasteiger charge is 2.19. The molecule has 56 heavy (non-hydrogen) atoms. The molecule has 11 rings (SSSR count). The van der Waals surface area contributed by atoms with E-state index in [0.717, 1.165) is 61.3 Å². The highest BCUT2D eigenvalue weighted by molar-refractivity contribution is 6.15. The zero-order chi connectivity index (χ0) is 37.0. The zero-order valence-electron chi connectivity index (χ0n) is 30.6. The van der Waals surface area contributed by atoms with Crippen LogP contribution in [-0.2, 0) is 0 Å². The maximum atomic E-state index is 6.49. The Labute approximate surface area is 325 Å². The third kappa shape index (κ3) is 5.34. The van der Waals surface area contributed by atoms with E-state index in [0.29, 0.717) is 0 Å². The first-order valence-corrected chi connectivity index (χ1v) is 19.2. The molecule has 0 aliphatic rings. The van der Waals surface area contributed by atoms with Gasteiger partial charge in [0.1, 0.15) is 11.2 Å². The van der Waals surface area contributed by atoms with Gasteiger partial charge in [0.2, 0.25) is 0 Å². The Morgan fingerprint density at radius 2 is 0.857 bits per heavy atom. The van der Waals surface area contributed by atoms with E-state index in [9.17, 15) is 0 Å². The van der Waals surface area contributed by atoms with Gasteiger partial charge in [0.25, 0.3) is 0 Å². The molecule has 262 valence electrons. The van der Waals surface area contributed by atoms with Gasteiger partial charge in [-0.15, -0.1) is 0 Å². The van der Waals surface area contributed by atoms with Crippen LogP contribution >= 0.6 is 0 Å². The van der Waals surface area contributed by atoms with Gasteiger partial charge in [-0.25, -0.2) is 0 Å². The molecule has 0 aliphatic heterocycles. The van der Waals surface area contributed by atoms with Crippen molar-refractivity contribution in [2.24, 2.45) is 0 Å². The minimum absolute atomic E-state index is 0.894. The van der Waals surface area contributed by atoms with Crippen molar-refractivity contribution in [2.75, 3.05) is 4.90 Å². The number of fused-ring (bicyclic) bond motifs is 7. The second-order valence-electron chi connectivity index (χ2n) is 14.5. The van der Waals surface area contributed by atoms with Crippen LogP contribution in [0.3, 0.4) is 0 Å². The molecule has 0 N–H and O–H groups in total. The summed E-state index contributed by atoms with van der Waals surface area (Å²) in [6.07, 6.45) is 0. The summed E-state index contributed by atoms with van der Waals surface area (Å²) in [6.45, 7) is 0. The molecular weight excluding hydrogens is 679 g/mol. The second kappa shape index (κ2) is 13.2. The average molecular weight is 714 g/mol. The highest BCUT2D eigenvalue weighted by atomic mass is 16.3. The molecule has 0 radical (unpaired) electrons. The van der Waals surface area contributed by atoms with Crippen LogP contribution in [0, 0.1) is 0 Å². The fraction of sp³-hybridized carbons (Fsp3) is 0. The first-order chi connectivity index (χ1) is 27.8. The predicted octanol–water partition coefficient (Wildman–Crippen LogP) is 15.5. The van der Waals surface area contributed by atoms with Gasteiger partial charge in [0.15, 0.2) is 0 Å². The van der Waals surface area contributed by atoms with Crippen molar-refractivity contribution in [3.8, 4) is 33.4 Å². The molecule has 0 fully saturated rings. The summed E-state index contributed by atoms with van der Waals surface area (Å²) >= 11 is 0. The van der Waals surface area contributed by atoms with Crippen molar-refractivity contribution in [1.82, 2.24) is 0 Å². The molecule has 10 aromatic carbocycles. The molecule has 11 aromatic rings. The molecule has 0 saturated heterocycles. The van der Waals surface area contributed by atoms with Crippen molar-refractivity contribution in [3.05, 3.63) is 212 Å². The summed E-state index contributed by atoms with van der Waals surface area (Å²) < 4.78 is 6.49. The molecule has 1 heterocycles. The van der Waals surface area contributed by atoms with E-state index in [1.165, 1.54) is 43.4 Å². The number of nitrogens with zero attached hydrogens (tertiary/aromatic N) is 1. The van der Waals surface area contributed by atoms with Gasteiger partial charge in [-0.3, -0.25) is 0 Å². The summed E-state index contributed by atoms with van der Waals surface area (Å²) in [7, 11) is 0. The van der Waals surface area contributed by atoms with E-state index >= 15 is 0 Å². The van der Waals surface area contributed by atoms with Crippen molar-refractivity contribution >= 4 is 71.3 Å². The summed E-state index contributed by atoms with van der Waals surface area (Å²) in [5.74, 6) is 0. The number of para-hydroxylation sites is 1. The molecule has 0 spiro atoms. The van der Waals surface area contributed by atoms with Gasteiger partial charge >= 0.3 is 0 Å². The van der Waals surface area contributed by atoms with E-state index in [1.54, 1.807) is 0 Å². The van der Waals surface area contributed by atoms with Crippen molar-refractivity contribution in [3.63, 3.8) is 0 Å². The summed E-state index contributed by atoms with van der Waals surface area (Å²) in [6, 6.07) is 76.4. The van der Waals surface area contributed by atoms with E-state index in [1.807, 2.05) is 6.07 Å². The predicted molar refractivity (Wildman–Crippen MR) is 237 cm³/mol. The van der Waals surface area contributed by atoms with Gasteiger partial charge in [0.05, 0.1) is 5.69 Å². The van der Waals surface area contributed by atoms with Crippen LogP contribution in [0.2, 0.25) is 0 Å². The Balaban J connectivity index is 1.03. The number of rotatable bonds is 6. The standard InChI is InChI=1S/C54H35NO/c1-2-12-38(13-3-1)47-22-11-23-50-51-34-40(28-33-53(51)56-54(47)50)36-24-29-42(30-25-36)55(52-35-41-15-5-7-18-46(41)48-19-8-9-20-49(48)52)43-31-26-39(27-32-43)45-21-10-16-37-14-4-6-17-44(37)45/h1-35H. The maximum Gasteiger partial charge on any atom is 0.143 e. The average Bonchev–Trinajstić information content (AvgIpc) is 3.65. The van der Waals surface area contributed by atoms with Crippen molar-refractivity contribution in [1.29, 1.82) is 0 Å². The molecule has 1 aromatic heterocycles.